The number of benzene rings is 1. The maximum atomic E-state index is 8.75. The zero-order valence-corrected chi connectivity index (χ0v) is 10.0. The van der Waals surface area contributed by atoms with Crippen molar-refractivity contribution in [2.45, 2.75) is 13.3 Å². The molecule has 4 heteroatoms. The average Bonchev–Trinajstić information content (AvgIpc) is 2.31. The smallest absolute Gasteiger partial charge is 0.0992 e. The molecule has 1 aromatic rings. The number of hydrogen-bond donors (Lipinski definition) is 1. The first-order valence-electron chi connectivity index (χ1n) is 5.29. The lowest BCUT2D eigenvalue weighted by Crippen LogP contribution is -2.10. The number of halogens is 1. The first-order chi connectivity index (χ1) is 7.77. The van der Waals surface area contributed by atoms with Gasteiger partial charge >= 0.3 is 0 Å². The van der Waals surface area contributed by atoms with Gasteiger partial charge in [-0.2, -0.15) is 5.26 Å². The highest BCUT2D eigenvalue weighted by Gasteiger charge is 2.00. The lowest BCUT2D eigenvalue weighted by molar-refractivity contribution is 0.144. The molecule has 1 N–H and O–H groups in total. The van der Waals surface area contributed by atoms with E-state index in [0.717, 1.165) is 18.7 Å². The van der Waals surface area contributed by atoms with E-state index in [0.29, 0.717) is 23.7 Å². The van der Waals surface area contributed by atoms with Crippen LogP contribution in [0.2, 0.25) is 5.02 Å². The van der Waals surface area contributed by atoms with E-state index in [2.05, 4.69) is 18.3 Å². The second kappa shape index (κ2) is 7.10. The number of anilines is 1. The summed E-state index contributed by atoms with van der Waals surface area (Å²) < 4.78 is 5.33. The standard InChI is InChI=1S/C12H15ClN2O/c1-2-6-16-7-5-15-12-8-10(9-14)3-4-11(12)13/h3-4,8,15H,2,5-7H2,1H3. The Hall–Kier alpha value is -1.24. The number of hydrogen-bond acceptors (Lipinski definition) is 3. The fourth-order valence-corrected chi connectivity index (χ4v) is 1.42. The van der Waals surface area contributed by atoms with Crippen LogP contribution >= 0.6 is 11.6 Å². The number of rotatable bonds is 6. The summed E-state index contributed by atoms with van der Waals surface area (Å²) in [5.74, 6) is 0. The third-order valence-corrected chi connectivity index (χ3v) is 2.34. The molecule has 0 aliphatic rings. The Bertz CT molecular complexity index is 374. The van der Waals surface area contributed by atoms with E-state index in [1.54, 1.807) is 18.2 Å². The Kier molecular flexibility index (Phi) is 5.69. The van der Waals surface area contributed by atoms with E-state index >= 15 is 0 Å². The maximum absolute atomic E-state index is 8.75. The number of nitriles is 1. The molecule has 0 radical (unpaired) electrons. The summed E-state index contributed by atoms with van der Waals surface area (Å²) in [5, 5.41) is 12.5. The van der Waals surface area contributed by atoms with Crippen LogP contribution in [0.5, 0.6) is 0 Å². The Balaban J connectivity index is 2.44. The van der Waals surface area contributed by atoms with Crippen molar-refractivity contribution in [3.05, 3.63) is 28.8 Å². The quantitative estimate of drug-likeness (QED) is 0.775. The SMILES string of the molecule is CCCOCCNc1cc(C#N)ccc1Cl. The lowest BCUT2D eigenvalue weighted by Gasteiger charge is -2.08. The number of ether oxygens (including phenoxy) is 1. The summed E-state index contributed by atoms with van der Waals surface area (Å²) in [7, 11) is 0. The molecule has 0 fully saturated rings. The number of nitrogens with zero attached hydrogens (tertiary/aromatic N) is 1. The van der Waals surface area contributed by atoms with Crippen molar-refractivity contribution >= 4 is 17.3 Å². The summed E-state index contributed by atoms with van der Waals surface area (Å²) >= 11 is 5.98. The molecule has 3 nitrogen and oxygen atoms in total. The molecule has 0 heterocycles. The normalized spacial score (nSPS) is 9.81. The van der Waals surface area contributed by atoms with Crippen LogP contribution in [0.1, 0.15) is 18.9 Å². The van der Waals surface area contributed by atoms with Gasteiger partial charge < -0.3 is 10.1 Å². The van der Waals surface area contributed by atoms with Gasteiger partial charge in [0.1, 0.15) is 0 Å². The highest BCUT2D eigenvalue weighted by atomic mass is 35.5. The molecule has 1 aromatic carbocycles. The predicted octanol–water partition coefficient (Wildman–Crippen LogP) is 3.05. The Morgan fingerprint density at radius 2 is 2.25 bits per heavy atom. The van der Waals surface area contributed by atoms with E-state index in [9.17, 15) is 0 Å². The van der Waals surface area contributed by atoms with Gasteiger partial charge in [-0.1, -0.05) is 18.5 Å². The molecule has 0 saturated heterocycles. The van der Waals surface area contributed by atoms with Crippen LogP contribution in [-0.4, -0.2) is 19.8 Å². The molecule has 0 unspecified atom stereocenters. The van der Waals surface area contributed by atoms with Crippen LogP contribution < -0.4 is 5.32 Å². The monoisotopic (exact) mass is 238 g/mol. The zero-order valence-electron chi connectivity index (χ0n) is 9.29. The first kappa shape index (κ1) is 12.8. The molecule has 0 aliphatic carbocycles. The van der Waals surface area contributed by atoms with Gasteiger partial charge in [0.05, 0.1) is 28.9 Å². The van der Waals surface area contributed by atoms with E-state index in [-0.39, 0.29) is 0 Å². The van der Waals surface area contributed by atoms with Gasteiger partial charge in [-0.3, -0.25) is 0 Å². The van der Waals surface area contributed by atoms with E-state index in [1.807, 2.05) is 0 Å². The second-order valence-corrected chi connectivity index (χ2v) is 3.75. The molecule has 16 heavy (non-hydrogen) atoms. The van der Waals surface area contributed by atoms with Crippen LogP contribution in [0.15, 0.2) is 18.2 Å². The average molecular weight is 239 g/mol. The van der Waals surface area contributed by atoms with Crippen LogP contribution in [0.4, 0.5) is 5.69 Å². The molecule has 0 aliphatic heterocycles. The van der Waals surface area contributed by atoms with Crippen LogP contribution in [0.25, 0.3) is 0 Å². The van der Waals surface area contributed by atoms with Gasteiger partial charge in [-0.05, 0) is 24.6 Å². The summed E-state index contributed by atoms with van der Waals surface area (Å²) in [6.07, 6.45) is 1.02. The Morgan fingerprint density at radius 1 is 1.44 bits per heavy atom. The van der Waals surface area contributed by atoms with Crippen molar-refractivity contribution < 1.29 is 4.74 Å². The summed E-state index contributed by atoms with van der Waals surface area (Å²) in [4.78, 5) is 0. The van der Waals surface area contributed by atoms with Crippen LogP contribution in [0.3, 0.4) is 0 Å². The molecular formula is C12H15ClN2O. The minimum atomic E-state index is 0.598. The van der Waals surface area contributed by atoms with Crippen molar-refractivity contribution in [1.82, 2.24) is 0 Å². The van der Waals surface area contributed by atoms with Gasteiger partial charge in [-0.25, -0.2) is 0 Å². The highest BCUT2D eigenvalue weighted by Crippen LogP contribution is 2.22. The van der Waals surface area contributed by atoms with Gasteiger partial charge in [0.2, 0.25) is 0 Å². The molecule has 0 bridgehead atoms. The molecule has 0 amide bonds. The Morgan fingerprint density at radius 3 is 2.94 bits per heavy atom. The zero-order chi connectivity index (χ0) is 11.8. The topological polar surface area (TPSA) is 45.0 Å². The summed E-state index contributed by atoms with van der Waals surface area (Å²) in [5.41, 5.74) is 1.38. The molecule has 0 saturated carbocycles. The van der Waals surface area contributed by atoms with Crippen molar-refractivity contribution in [2.75, 3.05) is 25.1 Å². The molecular weight excluding hydrogens is 224 g/mol. The molecule has 0 atom stereocenters. The van der Waals surface area contributed by atoms with Crippen molar-refractivity contribution in [1.29, 1.82) is 5.26 Å². The third-order valence-electron chi connectivity index (χ3n) is 2.01. The molecule has 86 valence electrons. The van der Waals surface area contributed by atoms with Gasteiger partial charge in [0.25, 0.3) is 0 Å². The van der Waals surface area contributed by atoms with Gasteiger partial charge in [0.15, 0.2) is 0 Å². The third kappa shape index (κ3) is 4.09. The van der Waals surface area contributed by atoms with E-state index in [4.69, 9.17) is 21.6 Å². The molecule has 0 spiro atoms. The highest BCUT2D eigenvalue weighted by molar-refractivity contribution is 6.33. The van der Waals surface area contributed by atoms with E-state index < -0.39 is 0 Å². The van der Waals surface area contributed by atoms with Crippen LogP contribution in [-0.2, 0) is 4.74 Å². The summed E-state index contributed by atoms with van der Waals surface area (Å²) in [6.45, 7) is 4.17. The Labute approximate surface area is 101 Å². The summed E-state index contributed by atoms with van der Waals surface area (Å²) in [6, 6.07) is 7.23. The molecule has 0 aromatic heterocycles. The minimum absolute atomic E-state index is 0.598. The maximum Gasteiger partial charge on any atom is 0.0992 e. The first-order valence-corrected chi connectivity index (χ1v) is 5.67. The van der Waals surface area contributed by atoms with Crippen molar-refractivity contribution in [3.8, 4) is 6.07 Å². The molecule has 1 rings (SSSR count). The largest absolute Gasteiger partial charge is 0.381 e. The van der Waals surface area contributed by atoms with Crippen molar-refractivity contribution in [3.63, 3.8) is 0 Å². The number of nitrogens with one attached hydrogen (secondary N) is 1. The second-order valence-electron chi connectivity index (χ2n) is 3.35. The van der Waals surface area contributed by atoms with Crippen LogP contribution in [0, 0.1) is 11.3 Å². The fourth-order valence-electron chi connectivity index (χ4n) is 1.23. The van der Waals surface area contributed by atoms with Gasteiger partial charge in [0, 0.05) is 13.2 Å². The van der Waals surface area contributed by atoms with E-state index in [1.165, 1.54) is 0 Å². The fraction of sp³-hybridized carbons (Fsp3) is 0.417. The predicted molar refractivity (Wildman–Crippen MR) is 65.8 cm³/mol. The van der Waals surface area contributed by atoms with Crippen molar-refractivity contribution in [2.24, 2.45) is 0 Å². The lowest BCUT2D eigenvalue weighted by atomic mass is 10.2. The minimum Gasteiger partial charge on any atom is -0.381 e. The van der Waals surface area contributed by atoms with Gasteiger partial charge in [-0.15, -0.1) is 0 Å².